The maximum absolute atomic E-state index is 12.6. The predicted molar refractivity (Wildman–Crippen MR) is 78.3 cm³/mol. The van der Waals surface area contributed by atoms with Crippen LogP contribution < -0.4 is 4.90 Å². The summed E-state index contributed by atoms with van der Waals surface area (Å²) in [4.78, 5) is 14.6. The number of hydrogen-bond acceptors (Lipinski definition) is 1. The highest BCUT2D eigenvalue weighted by atomic mass is 16.2. The largest absolute Gasteiger partial charge is 0.312 e. The number of amides is 1. The van der Waals surface area contributed by atoms with Gasteiger partial charge in [-0.3, -0.25) is 4.79 Å². The van der Waals surface area contributed by atoms with Crippen molar-refractivity contribution >= 4 is 11.6 Å². The quantitative estimate of drug-likeness (QED) is 0.739. The summed E-state index contributed by atoms with van der Waals surface area (Å²) in [6.07, 6.45) is 9.54. The van der Waals surface area contributed by atoms with Crippen LogP contribution in [0.5, 0.6) is 0 Å². The van der Waals surface area contributed by atoms with E-state index in [-0.39, 0.29) is 0 Å². The topological polar surface area (TPSA) is 20.3 Å². The van der Waals surface area contributed by atoms with E-state index in [1.807, 2.05) is 4.90 Å². The van der Waals surface area contributed by atoms with Crippen molar-refractivity contribution in [2.75, 3.05) is 11.4 Å². The minimum absolute atomic E-state index is 0.298. The maximum atomic E-state index is 12.6. The van der Waals surface area contributed by atoms with Crippen molar-refractivity contribution in [3.63, 3.8) is 0 Å². The van der Waals surface area contributed by atoms with Crippen LogP contribution in [-0.2, 0) is 11.2 Å². The van der Waals surface area contributed by atoms with E-state index < -0.39 is 0 Å². The average molecular weight is 255 g/mol. The van der Waals surface area contributed by atoms with Crippen LogP contribution in [0.2, 0.25) is 0 Å². The van der Waals surface area contributed by atoms with E-state index in [0.29, 0.717) is 18.2 Å². The molecule has 3 rings (SSSR count). The molecule has 1 heterocycles. The second-order valence-corrected chi connectivity index (χ2v) is 5.70. The molecule has 1 aromatic carbocycles. The van der Waals surface area contributed by atoms with Gasteiger partial charge in [0.2, 0.25) is 5.91 Å². The van der Waals surface area contributed by atoms with Crippen LogP contribution in [-0.4, -0.2) is 12.5 Å². The lowest BCUT2D eigenvalue weighted by molar-refractivity contribution is -0.119. The zero-order valence-corrected chi connectivity index (χ0v) is 11.6. The van der Waals surface area contributed by atoms with E-state index >= 15 is 0 Å². The molecular formula is C17H21NO. The molecule has 1 aromatic rings. The normalized spacial score (nSPS) is 21.5. The summed E-state index contributed by atoms with van der Waals surface area (Å²) in [6.45, 7) is 2.99. The summed E-state index contributed by atoms with van der Waals surface area (Å²) in [7, 11) is 0. The van der Waals surface area contributed by atoms with Gasteiger partial charge in [-0.2, -0.15) is 0 Å². The molecule has 1 amide bonds. The first-order chi connectivity index (χ1) is 9.25. The lowest BCUT2D eigenvalue weighted by Crippen LogP contribution is -2.36. The van der Waals surface area contributed by atoms with Gasteiger partial charge >= 0.3 is 0 Å². The number of carbonyl (C=O) groups is 1. The summed E-state index contributed by atoms with van der Waals surface area (Å²) in [5.74, 6) is 0.758. The molecule has 1 aliphatic carbocycles. The summed E-state index contributed by atoms with van der Waals surface area (Å²) in [5.41, 5.74) is 3.75. The zero-order chi connectivity index (χ0) is 13.2. The minimum atomic E-state index is 0.298. The van der Waals surface area contributed by atoms with Crippen LogP contribution >= 0.6 is 0 Å². The summed E-state index contributed by atoms with van der Waals surface area (Å²) < 4.78 is 0. The molecule has 0 saturated carbocycles. The van der Waals surface area contributed by atoms with Gasteiger partial charge in [0.1, 0.15) is 0 Å². The predicted octanol–water partition coefficient (Wildman–Crippen LogP) is 3.63. The van der Waals surface area contributed by atoms with Gasteiger partial charge < -0.3 is 4.90 Å². The number of carbonyl (C=O) groups excluding carboxylic acids is 1. The molecule has 1 aliphatic heterocycles. The van der Waals surface area contributed by atoms with E-state index in [2.05, 4.69) is 37.3 Å². The number of allylic oxidation sites excluding steroid dienone is 2. The molecule has 0 bridgehead atoms. The van der Waals surface area contributed by atoms with Crippen LogP contribution in [0, 0.1) is 12.8 Å². The molecule has 100 valence electrons. The van der Waals surface area contributed by atoms with Crippen molar-refractivity contribution < 1.29 is 4.79 Å². The van der Waals surface area contributed by atoms with Crippen LogP contribution in [0.1, 0.15) is 36.8 Å². The van der Waals surface area contributed by atoms with Crippen molar-refractivity contribution in [1.29, 1.82) is 0 Å². The van der Waals surface area contributed by atoms with Gasteiger partial charge in [0, 0.05) is 18.7 Å². The first kappa shape index (κ1) is 12.5. The lowest BCUT2D eigenvalue weighted by atomic mass is 9.96. The van der Waals surface area contributed by atoms with Gasteiger partial charge in [-0.1, -0.05) is 30.4 Å². The van der Waals surface area contributed by atoms with Gasteiger partial charge in [-0.05, 0) is 49.7 Å². The second-order valence-electron chi connectivity index (χ2n) is 5.70. The van der Waals surface area contributed by atoms with Gasteiger partial charge in [-0.15, -0.1) is 0 Å². The SMILES string of the molecule is Cc1cccc2c1N(C(=O)CC1C=CCC1)CCC2. The Hall–Kier alpha value is -1.57. The molecule has 2 heteroatoms. The number of fused-ring (bicyclic) bond motifs is 1. The minimum Gasteiger partial charge on any atom is -0.312 e. The fourth-order valence-electron chi connectivity index (χ4n) is 3.30. The molecule has 0 saturated heterocycles. The molecule has 2 nitrogen and oxygen atoms in total. The number of nitrogens with zero attached hydrogens (tertiary/aromatic N) is 1. The van der Waals surface area contributed by atoms with Crippen molar-refractivity contribution in [2.24, 2.45) is 5.92 Å². The van der Waals surface area contributed by atoms with Crippen molar-refractivity contribution in [3.05, 3.63) is 41.5 Å². The molecule has 0 radical (unpaired) electrons. The average Bonchev–Trinajstić information content (AvgIpc) is 2.91. The number of aryl methyl sites for hydroxylation is 2. The third-order valence-corrected chi connectivity index (χ3v) is 4.27. The van der Waals surface area contributed by atoms with E-state index in [1.165, 1.54) is 16.8 Å². The Morgan fingerprint density at radius 2 is 2.32 bits per heavy atom. The highest BCUT2D eigenvalue weighted by Gasteiger charge is 2.25. The standard InChI is InChI=1S/C17H21NO/c1-13-6-4-9-15-10-5-11-18(17(13)15)16(19)12-14-7-2-3-8-14/h2,4,6-7,9,14H,3,5,8,10-12H2,1H3. The van der Waals surface area contributed by atoms with Crippen molar-refractivity contribution in [3.8, 4) is 0 Å². The van der Waals surface area contributed by atoms with E-state index in [9.17, 15) is 4.79 Å². The number of rotatable bonds is 2. The molecule has 2 aliphatic rings. The Labute approximate surface area is 115 Å². The Bertz CT molecular complexity index is 518. The molecule has 0 aromatic heterocycles. The fourth-order valence-corrected chi connectivity index (χ4v) is 3.30. The van der Waals surface area contributed by atoms with Crippen molar-refractivity contribution in [1.82, 2.24) is 0 Å². The number of hydrogen-bond donors (Lipinski definition) is 0. The zero-order valence-electron chi connectivity index (χ0n) is 11.6. The van der Waals surface area contributed by atoms with Gasteiger partial charge in [-0.25, -0.2) is 0 Å². The van der Waals surface area contributed by atoms with Gasteiger partial charge in [0.25, 0.3) is 0 Å². The smallest absolute Gasteiger partial charge is 0.227 e. The molecule has 1 atom stereocenters. The summed E-state index contributed by atoms with van der Waals surface area (Å²) in [5, 5.41) is 0. The number of anilines is 1. The van der Waals surface area contributed by atoms with Crippen LogP contribution in [0.3, 0.4) is 0 Å². The second kappa shape index (κ2) is 5.20. The highest BCUT2D eigenvalue weighted by Crippen LogP contribution is 2.32. The highest BCUT2D eigenvalue weighted by molar-refractivity contribution is 5.95. The Kier molecular flexibility index (Phi) is 3.41. The molecule has 1 unspecified atom stereocenters. The Morgan fingerprint density at radius 3 is 3.11 bits per heavy atom. The Balaban J connectivity index is 1.82. The molecule has 0 N–H and O–H groups in total. The van der Waals surface area contributed by atoms with Crippen LogP contribution in [0.4, 0.5) is 5.69 Å². The van der Waals surface area contributed by atoms with Crippen molar-refractivity contribution in [2.45, 2.75) is 39.0 Å². The van der Waals surface area contributed by atoms with Crippen LogP contribution in [0.15, 0.2) is 30.4 Å². The molecule has 19 heavy (non-hydrogen) atoms. The molecule has 0 spiro atoms. The van der Waals surface area contributed by atoms with E-state index in [0.717, 1.165) is 32.2 Å². The summed E-state index contributed by atoms with van der Waals surface area (Å²) in [6, 6.07) is 6.37. The van der Waals surface area contributed by atoms with Gasteiger partial charge in [0.15, 0.2) is 0 Å². The lowest BCUT2D eigenvalue weighted by Gasteiger charge is -2.31. The fraction of sp³-hybridized carbons (Fsp3) is 0.471. The first-order valence-electron chi connectivity index (χ1n) is 7.31. The Morgan fingerprint density at radius 1 is 1.42 bits per heavy atom. The molecular weight excluding hydrogens is 234 g/mol. The van der Waals surface area contributed by atoms with Gasteiger partial charge in [0.05, 0.1) is 0 Å². The third kappa shape index (κ3) is 2.44. The number of para-hydroxylation sites is 1. The molecule has 0 fully saturated rings. The van der Waals surface area contributed by atoms with Crippen LogP contribution in [0.25, 0.3) is 0 Å². The van der Waals surface area contributed by atoms with E-state index in [4.69, 9.17) is 0 Å². The monoisotopic (exact) mass is 255 g/mol. The summed E-state index contributed by atoms with van der Waals surface area (Å²) >= 11 is 0. The maximum Gasteiger partial charge on any atom is 0.227 e. The van der Waals surface area contributed by atoms with E-state index in [1.54, 1.807) is 0 Å². The first-order valence-corrected chi connectivity index (χ1v) is 7.31. The number of benzene rings is 1. The third-order valence-electron chi connectivity index (χ3n) is 4.27.